The summed E-state index contributed by atoms with van der Waals surface area (Å²) in [6.45, 7) is 7.26. The van der Waals surface area contributed by atoms with Gasteiger partial charge in [0.15, 0.2) is 0 Å². The number of carbonyl (C=O) groups excluding carboxylic acids is 1. The van der Waals surface area contributed by atoms with Gasteiger partial charge in [-0.3, -0.25) is 9.69 Å². The third-order valence-electron chi connectivity index (χ3n) is 4.28. The van der Waals surface area contributed by atoms with E-state index in [9.17, 15) is 13.2 Å². The van der Waals surface area contributed by atoms with Gasteiger partial charge in [-0.05, 0) is 32.0 Å². The Morgan fingerprint density at radius 1 is 1.04 bits per heavy atom. The fraction of sp³-hybridized carbons (Fsp3) is 0.562. The third kappa shape index (κ3) is 5.08. The summed E-state index contributed by atoms with van der Waals surface area (Å²) in [5.74, 6) is 0.0722. The molecule has 0 unspecified atom stereocenters. The quantitative estimate of drug-likeness (QED) is 0.724. The standard InChI is InChI=1S/C16H23Cl2N3O3S/c1-3-20(4-2)16(22)12-19-5-7-21(8-6-19)25(23,24)15-10-13(17)9-14(18)11-15/h9-11H,3-8,12H2,1-2H3. The summed E-state index contributed by atoms with van der Waals surface area (Å²) in [5.41, 5.74) is 0. The number of amides is 1. The Morgan fingerprint density at radius 3 is 2.04 bits per heavy atom. The number of halogens is 2. The number of nitrogens with zero attached hydrogens (tertiary/aromatic N) is 3. The minimum absolute atomic E-state index is 0.0722. The highest BCUT2D eigenvalue weighted by Crippen LogP contribution is 2.25. The van der Waals surface area contributed by atoms with Crippen LogP contribution in [0.1, 0.15) is 13.8 Å². The summed E-state index contributed by atoms with van der Waals surface area (Å²) >= 11 is 11.8. The lowest BCUT2D eigenvalue weighted by atomic mass is 10.3. The first-order valence-electron chi connectivity index (χ1n) is 8.24. The topological polar surface area (TPSA) is 60.9 Å². The number of hydrogen-bond acceptors (Lipinski definition) is 4. The first kappa shape index (κ1) is 20.5. The van der Waals surface area contributed by atoms with E-state index >= 15 is 0 Å². The van der Waals surface area contributed by atoms with Crippen molar-refractivity contribution in [3.05, 3.63) is 28.2 Å². The maximum absolute atomic E-state index is 12.7. The Balaban J connectivity index is 2.00. The first-order valence-corrected chi connectivity index (χ1v) is 10.4. The molecule has 6 nitrogen and oxygen atoms in total. The van der Waals surface area contributed by atoms with Crippen LogP contribution in [0, 0.1) is 0 Å². The number of carbonyl (C=O) groups is 1. The van der Waals surface area contributed by atoms with Crippen LogP contribution in [-0.2, 0) is 14.8 Å². The largest absolute Gasteiger partial charge is 0.342 e. The molecule has 1 aliphatic heterocycles. The van der Waals surface area contributed by atoms with Crippen LogP contribution in [0.5, 0.6) is 0 Å². The number of hydrogen-bond donors (Lipinski definition) is 0. The molecule has 0 atom stereocenters. The van der Waals surface area contributed by atoms with E-state index in [1.807, 2.05) is 18.7 Å². The van der Waals surface area contributed by atoms with Crippen molar-refractivity contribution in [2.45, 2.75) is 18.7 Å². The normalized spacial score (nSPS) is 16.8. The van der Waals surface area contributed by atoms with Crippen LogP contribution in [0.25, 0.3) is 0 Å². The second kappa shape index (κ2) is 8.68. The molecule has 1 aromatic carbocycles. The molecular formula is C16H23Cl2N3O3S. The summed E-state index contributed by atoms with van der Waals surface area (Å²) in [5, 5.41) is 0.573. The van der Waals surface area contributed by atoms with Crippen LogP contribution in [-0.4, -0.2) is 74.2 Å². The van der Waals surface area contributed by atoms with Crippen LogP contribution in [0.2, 0.25) is 10.0 Å². The summed E-state index contributed by atoms with van der Waals surface area (Å²) in [4.78, 5) is 16.0. The monoisotopic (exact) mass is 407 g/mol. The van der Waals surface area contributed by atoms with Crippen molar-refractivity contribution >= 4 is 39.1 Å². The van der Waals surface area contributed by atoms with Gasteiger partial charge in [0.05, 0.1) is 11.4 Å². The summed E-state index contributed by atoms with van der Waals surface area (Å²) in [7, 11) is -3.64. The van der Waals surface area contributed by atoms with E-state index in [0.29, 0.717) is 45.8 Å². The van der Waals surface area contributed by atoms with Gasteiger partial charge in [-0.25, -0.2) is 8.42 Å². The number of piperazine rings is 1. The van der Waals surface area contributed by atoms with Crippen molar-refractivity contribution in [1.29, 1.82) is 0 Å². The number of sulfonamides is 1. The number of likely N-dealkylation sites (N-methyl/N-ethyl adjacent to an activating group) is 1. The van der Waals surface area contributed by atoms with Gasteiger partial charge in [0, 0.05) is 49.3 Å². The molecule has 1 amide bonds. The Morgan fingerprint density at radius 2 is 1.56 bits per heavy atom. The van der Waals surface area contributed by atoms with E-state index in [0.717, 1.165) is 0 Å². The predicted octanol–water partition coefficient (Wildman–Crippen LogP) is 2.17. The molecule has 25 heavy (non-hydrogen) atoms. The number of rotatable bonds is 6. The SMILES string of the molecule is CCN(CC)C(=O)CN1CCN(S(=O)(=O)c2cc(Cl)cc(Cl)c2)CC1. The molecular weight excluding hydrogens is 385 g/mol. The fourth-order valence-electron chi connectivity index (χ4n) is 2.82. The smallest absolute Gasteiger partial charge is 0.243 e. The van der Waals surface area contributed by atoms with E-state index in [-0.39, 0.29) is 20.8 Å². The molecule has 1 aliphatic rings. The summed E-state index contributed by atoms with van der Waals surface area (Å²) < 4.78 is 26.9. The van der Waals surface area contributed by atoms with Gasteiger partial charge >= 0.3 is 0 Å². The first-order chi connectivity index (χ1) is 11.8. The van der Waals surface area contributed by atoms with E-state index in [4.69, 9.17) is 23.2 Å². The van der Waals surface area contributed by atoms with Crippen LogP contribution >= 0.6 is 23.2 Å². The fourth-order valence-corrected chi connectivity index (χ4v) is 4.97. The molecule has 0 saturated carbocycles. The molecule has 0 radical (unpaired) electrons. The molecule has 0 bridgehead atoms. The van der Waals surface area contributed by atoms with Crippen LogP contribution in [0.4, 0.5) is 0 Å². The lowest BCUT2D eigenvalue weighted by molar-refractivity contribution is -0.132. The van der Waals surface area contributed by atoms with Gasteiger partial charge < -0.3 is 4.90 Å². The minimum atomic E-state index is -3.64. The second-order valence-electron chi connectivity index (χ2n) is 5.85. The zero-order valence-electron chi connectivity index (χ0n) is 14.4. The van der Waals surface area contributed by atoms with Crippen molar-refractivity contribution in [1.82, 2.24) is 14.1 Å². The minimum Gasteiger partial charge on any atom is -0.342 e. The Labute approximate surface area is 159 Å². The van der Waals surface area contributed by atoms with Crippen LogP contribution in [0.15, 0.2) is 23.1 Å². The summed E-state index contributed by atoms with van der Waals surface area (Å²) in [6, 6.07) is 4.30. The molecule has 0 aliphatic carbocycles. The van der Waals surface area contributed by atoms with Gasteiger partial charge in [-0.2, -0.15) is 4.31 Å². The lowest BCUT2D eigenvalue weighted by Gasteiger charge is -2.34. The average molecular weight is 408 g/mol. The molecule has 0 N–H and O–H groups in total. The molecule has 1 aromatic rings. The maximum atomic E-state index is 12.7. The molecule has 1 saturated heterocycles. The highest BCUT2D eigenvalue weighted by molar-refractivity contribution is 7.89. The molecule has 1 heterocycles. The highest BCUT2D eigenvalue weighted by Gasteiger charge is 2.30. The molecule has 0 spiro atoms. The summed E-state index contributed by atoms with van der Waals surface area (Å²) in [6.07, 6.45) is 0. The van der Waals surface area contributed by atoms with Crippen molar-refractivity contribution < 1.29 is 13.2 Å². The van der Waals surface area contributed by atoms with Crippen LogP contribution in [0.3, 0.4) is 0 Å². The zero-order valence-corrected chi connectivity index (χ0v) is 16.7. The van der Waals surface area contributed by atoms with Gasteiger partial charge in [-0.15, -0.1) is 0 Å². The Hall–Kier alpha value is -0.860. The van der Waals surface area contributed by atoms with E-state index in [2.05, 4.69) is 0 Å². The second-order valence-corrected chi connectivity index (χ2v) is 8.66. The van der Waals surface area contributed by atoms with Gasteiger partial charge in [0.25, 0.3) is 0 Å². The van der Waals surface area contributed by atoms with Crippen molar-refractivity contribution in [3.8, 4) is 0 Å². The number of benzene rings is 1. The molecule has 9 heteroatoms. The Bertz CT molecular complexity index is 695. The molecule has 2 rings (SSSR count). The molecule has 140 valence electrons. The zero-order chi connectivity index (χ0) is 18.6. The van der Waals surface area contributed by atoms with Gasteiger partial charge in [0.2, 0.25) is 15.9 Å². The van der Waals surface area contributed by atoms with E-state index in [1.54, 1.807) is 4.90 Å². The average Bonchev–Trinajstić information content (AvgIpc) is 2.55. The molecule has 1 fully saturated rings. The van der Waals surface area contributed by atoms with Crippen molar-refractivity contribution in [2.75, 3.05) is 45.8 Å². The van der Waals surface area contributed by atoms with E-state index < -0.39 is 10.0 Å². The van der Waals surface area contributed by atoms with Gasteiger partial charge in [0.1, 0.15) is 0 Å². The molecule has 0 aromatic heterocycles. The van der Waals surface area contributed by atoms with E-state index in [1.165, 1.54) is 22.5 Å². The van der Waals surface area contributed by atoms with Crippen LogP contribution < -0.4 is 0 Å². The van der Waals surface area contributed by atoms with Gasteiger partial charge in [-0.1, -0.05) is 23.2 Å². The van der Waals surface area contributed by atoms with Crippen molar-refractivity contribution in [3.63, 3.8) is 0 Å². The third-order valence-corrected chi connectivity index (χ3v) is 6.59. The lowest BCUT2D eigenvalue weighted by Crippen LogP contribution is -2.51. The highest BCUT2D eigenvalue weighted by atomic mass is 35.5. The predicted molar refractivity (Wildman–Crippen MR) is 99.6 cm³/mol. The maximum Gasteiger partial charge on any atom is 0.243 e. The van der Waals surface area contributed by atoms with Crippen molar-refractivity contribution in [2.24, 2.45) is 0 Å². The Kier molecular flexibility index (Phi) is 7.10.